The molecule has 2 rings (SSSR count). The Hall–Kier alpha value is -1.09. The molecule has 0 bridgehead atoms. The summed E-state index contributed by atoms with van der Waals surface area (Å²) in [6.07, 6.45) is 5.67. The summed E-state index contributed by atoms with van der Waals surface area (Å²) >= 11 is 3.51. The van der Waals surface area contributed by atoms with E-state index in [0.29, 0.717) is 23.5 Å². The SMILES string of the molecule is CCC(C)(C)[C@@H]1CCC(=O)/C(=C/Nc2ccc(Br)c(C)c2)C1. The molecule has 0 radical (unpaired) electrons. The van der Waals surface area contributed by atoms with E-state index in [4.69, 9.17) is 0 Å². The maximum absolute atomic E-state index is 12.2. The lowest BCUT2D eigenvalue weighted by Gasteiger charge is -2.36. The van der Waals surface area contributed by atoms with E-state index in [9.17, 15) is 4.79 Å². The molecule has 0 unspecified atom stereocenters. The minimum atomic E-state index is 0.296. The summed E-state index contributed by atoms with van der Waals surface area (Å²) in [7, 11) is 0. The zero-order valence-corrected chi connectivity index (χ0v) is 15.6. The molecule has 0 heterocycles. The number of ketones is 1. The van der Waals surface area contributed by atoms with Gasteiger partial charge in [-0.1, -0.05) is 43.1 Å². The smallest absolute Gasteiger partial charge is 0.160 e. The average Bonchev–Trinajstić information content (AvgIpc) is 2.49. The van der Waals surface area contributed by atoms with Crippen molar-refractivity contribution in [3.63, 3.8) is 0 Å². The number of aryl methyl sites for hydroxylation is 1. The Balaban J connectivity index is 2.11. The van der Waals surface area contributed by atoms with Gasteiger partial charge in [-0.3, -0.25) is 4.79 Å². The molecule has 1 aromatic carbocycles. The van der Waals surface area contributed by atoms with Crippen molar-refractivity contribution in [1.29, 1.82) is 0 Å². The fourth-order valence-corrected chi connectivity index (χ4v) is 3.19. The van der Waals surface area contributed by atoms with Crippen molar-refractivity contribution in [2.24, 2.45) is 11.3 Å². The van der Waals surface area contributed by atoms with Crippen LogP contribution in [0.3, 0.4) is 0 Å². The standard InChI is InChI=1S/C19H26BrNO/c1-5-19(3,4)15-6-9-18(22)14(11-15)12-21-16-7-8-17(20)13(2)10-16/h7-8,10,12,15,21H,5-6,9,11H2,1-4H3/b14-12+/t15-/m1/s1. The van der Waals surface area contributed by atoms with Gasteiger partial charge < -0.3 is 5.32 Å². The molecule has 120 valence electrons. The number of allylic oxidation sites excluding steroid dienone is 1. The van der Waals surface area contributed by atoms with Gasteiger partial charge in [0.15, 0.2) is 5.78 Å². The van der Waals surface area contributed by atoms with Crippen molar-refractivity contribution in [3.8, 4) is 0 Å². The van der Waals surface area contributed by atoms with Crippen LogP contribution < -0.4 is 5.32 Å². The summed E-state index contributed by atoms with van der Waals surface area (Å²) in [6.45, 7) is 8.93. The molecule has 0 amide bonds. The molecule has 1 N–H and O–H groups in total. The normalized spacial score (nSPS) is 21.2. The van der Waals surface area contributed by atoms with Gasteiger partial charge >= 0.3 is 0 Å². The Kier molecular flexibility index (Phi) is 5.49. The number of Topliss-reactive ketones (excluding diaryl/α,β-unsaturated/α-hetero) is 1. The third-order valence-electron chi connectivity index (χ3n) is 5.13. The number of carbonyl (C=O) groups is 1. The maximum atomic E-state index is 12.2. The van der Waals surface area contributed by atoms with Crippen molar-refractivity contribution in [1.82, 2.24) is 0 Å². The van der Waals surface area contributed by atoms with Gasteiger partial charge in [-0.15, -0.1) is 0 Å². The predicted octanol–water partition coefficient (Wildman–Crippen LogP) is 5.86. The van der Waals surface area contributed by atoms with Gasteiger partial charge in [-0.25, -0.2) is 0 Å². The first kappa shape index (κ1) is 17.3. The lowest BCUT2D eigenvalue weighted by Crippen LogP contribution is -2.29. The summed E-state index contributed by atoms with van der Waals surface area (Å²) in [6, 6.07) is 6.14. The zero-order chi connectivity index (χ0) is 16.3. The van der Waals surface area contributed by atoms with Gasteiger partial charge in [0.2, 0.25) is 0 Å². The molecule has 1 saturated carbocycles. The second-order valence-electron chi connectivity index (χ2n) is 6.98. The second kappa shape index (κ2) is 6.99. The number of halogens is 1. The molecule has 1 aliphatic rings. The molecule has 1 atom stereocenters. The zero-order valence-electron chi connectivity index (χ0n) is 14.0. The minimum absolute atomic E-state index is 0.296. The summed E-state index contributed by atoms with van der Waals surface area (Å²) in [5.41, 5.74) is 3.45. The predicted molar refractivity (Wildman–Crippen MR) is 97.0 cm³/mol. The van der Waals surface area contributed by atoms with Crippen molar-refractivity contribution >= 4 is 27.4 Å². The van der Waals surface area contributed by atoms with E-state index in [2.05, 4.69) is 55.0 Å². The Bertz CT molecular complexity index is 589. The highest BCUT2D eigenvalue weighted by Crippen LogP contribution is 2.41. The minimum Gasteiger partial charge on any atom is -0.361 e. The molecule has 2 nitrogen and oxygen atoms in total. The first-order valence-electron chi connectivity index (χ1n) is 8.08. The Morgan fingerprint density at radius 1 is 1.41 bits per heavy atom. The second-order valence-corrected chi connectivity index (χ2v) is 7.84. The van der Waals surface area contributed by atoms with Crippen LogP contribution >= 0.6 is 15.9 Å². The lowest BCUT2D eigenvalue weighted by molar-refractivity contribution is -0.117. The van der Waals surface area contributed by atoms with Gasteiger partial charge in [0.05, 0.1) is 0 Å². The molecular formula is C19H26BrNO. The van der Waals surface area contributed by atoms with E-state index in [1.54, 1.807) is 0 Å². The van der Waals surface area contributed by atoms with Crippen molar-refractivity contribution < 1.29 is 4.79 Å². The van der Waals surface area contributed by atoms with Crippen LogP contribution in [0.4, 0.5) is 5.69 Å². The van der Waals surface area contributed by atoms with Crippen molar-refractivity contribution in [2.45, 2.75) is 53.4 Å². The molecular weight excluding hydrogens is 338 g/mol. The van der Waals surface area contributed by atoms with E-state index in [0.717, 1.165) is 35.0 Å². The van der Waals surface area contributed by atoms with Gasteiger partial charge in [0, 0.05) is 28.4 Å². The Morgan fingerprint density at radius 2 is 2.14 bits per heavy atom. The van der Waals surface area contributed by atoms with Crippen LogP contribution in [0.5, 0.6) is 0 Å². The Labute approximate surface area is 142 Å². The number of carbonyl (C=O) groups excluding carboxylic acids is 1. The fraction of sp³-hybridized carbons (Fsp3) is 0.526. The highest BCUT2D eigenvalue weighted by atomic mass is 79.9. The van der Waals surface area contributed by atoms with Crippen molar-refractivity contribution in [3.05, 3.63) is 40.0 Å². The number of hydrogen-bond donors (Lipinski definition) is 1. The highest BCUT2D eigenvalue weighted by molar-refractivity contribution is 9.10. The van der Waals surface area contributed by atoms with E-state index in [1.807, 2.05) is 18.3 Å². The van der Waals surface area contributed by atoms with E-state index >= 15 is 0 Å². The van der Waals surface area contributed by atoms with E-state index < -0.39 is 0 Å². The van der Waals surface area contributed by atoms with Gasteiger partial charge in [-0.2, -0.15) is 0 Å². The molecule has 1 aliphatic carbocycles. The highest BCUT2D eigenvalue weighted by Gasteiger charge is 2.33. The quantitative estimate of drug-likeness (QED) is 0.678. The van der Waals surface area contributed by atoms with Crippen LogP contribution in [0.25, 0.3) is 0 Å². The largest absolute Gasteiger partial charge is 0.361 e. The first-order valence-corrected chi connectivity index (χ1v) is 8.87. The van der Waals surface area contributed by atoms with Crippen LogP contribution in [-0.2, 0) is 4.79 Å². The summed E-state index contributed by atoms with van der Waals surface area (Å²) in [5, 5.41) is 3.30. The van der Waals surface area contributed by atoms with Gasteiger partial charge in [0.25, 0.3) is 0 Å². The summed E-state index contributed by atoms with van der Waals surface area (Å²) < 4.78 is 1.10. The molecule has 0 saturated heterocycles. The first-order chi connectivity index (χ1) is 10.3. The number of anilines is 1. The van der Waals surface area contributed by atoms with Crippen LogP contribution in [-0.4, -0.2) is 5.78 Å². The number of nitrogens with one attached hydrogen (secondary N) is 1. The molecule has 1 aromatic rings. The third kappa shape index (κ3) is 4.01. The molecule has 0 aliphatic heterocycles. The van der Waals surface area contributed by atoms with E-state index in [-0.39, 0.29) is 0 Å². The topological polar surface area (TPSA) is 29.1 Å². The molecule has 0 aromatic heterocycles. The van der Waals surface area contributed by atoms with Crippen LogP contribution in [0.1, 0.15) is 52.0 Å². The third-order valence-corrected chi connectivity index (χ3v) is 6.02. The van der Waals surface area contributed by atoms with Gasteiger partial charge in [0.1, 0.15) is 0 Å². The van der Waals surface area contributed by atoms with Gasteiger partial charge in [-0.05, 0) is 54.9 Å². The van der Waals surface area contributed by atoms with E-state index in [1.165, 1.54) is 5.56 Å². The Morgan fingerprint density at radius 3 is 2.77 bits per heavy atom. The maximum Gasteiger partial charge on any atom is 0.160 e. The molecule has 1 fully saturated rings. The molecule has 22 heavy (non-hydrogen) atoms. The number of rotatable bonds is 4. The monoisotopic (exact) mass is 363 g/mol. The number of benzene rings is 1. The molecule has 0 spiro atoms. The molecule has 3 heteroatoms. The average molecular weight is 364 g/mol. The fourth-order valence-electron chi connectivity index (χ4n) is 2.95. The lowest BCUT2D eigenvalue weighted by atomic mass is 9.68. The summed E-state index contributed by atoms with van der Waals surface area (Å²) in [5.74, 6) is 0.888. The van der Waals surface area contributed by atoms with Crippen molar-refractivity contribution in [2.75, 3.05) is 5.32 Å². The summed E-state index contributed by atoms with van der Waals surface area (Å²) in [4.78, 5) is 12.2. The van der Waals surface area contributed by atoms with Crippen LogP contribution in [0.15, 0.2) is 34.4 Å². The number of hydrogen-bond acceptors (Lipinski definition) is 2. The van der Waals surface area contributed by atoms with Crippen LogP contribution in [0, 0.1) is 18.3 Å². The van der Waals surface area contributed by atoms with Crippen LogP contribution in [0.2, 0.25) is 0 Å².